The Hall–Kier alpha value is -2.83. The summed E-state index contributed by atoms with van der Waals surface area (Å²) in [7, 11) is 0. The molecule has 1 fully saturated rings. The Kier molecular flexibility index (Phi) is 6.60. The van der Waals surface area contributed by atoms with Crippen molar-refractivity contribution in [3.63, 3.8) is 0 Å². The number of benzene rings is 1. The van der Waals surface area contributed by atoms with Gasteiger partial charge >= 0.3 is 11.9 Å². The maximum absolute atomic E-state index is 12.4. The van der Waals surface area contributed by atoms with Gasteiger partial charge in [-0.1, -0.05) is 20.8 Å². The molecule has 0 aliphatic carbocycles. The zero-order valence-corrected chi connectivity index (χ0v) is 16.1. The van der Waals surface area contributed by atoms with Gasteiger partial charge in [-0.05, 0) is 31.2 Å². The molecule has 1 heterocycles. The van der Waals surface area contributed by atoms with E-state index < -0.39 is 17.7 Å². The molecule has 0 atom stereocenters. The first-order valence-corrected chi connectivity index (χ1v) is 9.13. The number of ether oxygens (including phenoxy) is 3. The van der Waals surface area contributed by atoms with E-state index >= 15 is 0 Å². The van der Waals surface area contributed by atoms with E-state index in [9.17, 15) is 14.4 Å². The van der Waals surface area contributed by atoms with Gasteiger partial charge in [-0.2, -0.15) is 0 Å². The molecule has 1 aliphatic rings. The quantitative estimate of drug-likeness (QED) is 0.413. The summed E-state index contributed by atoms with van der Waals surface area (Å²) >= 11 is 0. The second-order valence-electron chi connectivity index (χ2n) is 5.98. The van der Waals surface area contributed by atoms with Gasteiger partial charge in [0.05, 0.1) is 6.61 Å². The van der Waals surface area contributed by atoms with Gasteiger partial charge in [0.2, 0.25) is 5.91 Å². The van der Waals surface area contributed by atoms with Crippen molar-refractivity contribution in [1.29, 1.82) is 0 Å². The van der Waals surface area contributed by atoms with Crippen LogP contribution in [0.3, 0.4) is 0 Å². The predicted octanol–water partition coefficient (Wildman–Crippen LogP) is 3.33. The fourth-order valence-electron chi connectivity index (χ4n) is 2.66. The first kappa shape index (κ1) is 20.5. The molecule has 0 spiro atoms. The number of cyclic esters (lactones) is 2. The Bertz CT molecular complexity index is 711. The van der Waals surface area contributed by atoms with Gasteiger partial charge in [-0.3, -0.25) is 9.69 Å². The van der Waals surface area contributed by atoms with Crippen molar-refractivity contribution < 1.29 is 28.6 Å². The molecule has 0 radical (unpaired) electrons. The number of esters is 2. The average Bonchev–Trinajstić information content (AvgIpc) is 2.68. The highest BCUT2D eigenvalue weighted by Gasteiger charge is 2.44. The molecule has 0 saturated carbocycles. The van der Waals surface area contributed by atoms with Crippen LogP contribution in [0.2, 0.25) is 0 Å². The van der Waals surface area contributed by atoms with Crippen molar-refractivity contribution in [1.82, 2.24) is 0 Å². The van der Waals surface area contributed by atoms with Crippen LogP contribution in [0.25, 0.3) is 0 Å². The summed E-state index contributed by atoms with van der Waals surface area (Å²) in [4.78, 5) is 38.5. The molecular weight excluding hydrogens is 350 g/mol. The zero-order chi connectivity index (χ0) is 20.0. The Morgan fingerprint density at radius 3 is 2.04 bits per heavy atom. The normalized spacial score (nSPS) is 15.6. The van der Waals surface area contributed by atoms with Crippen LogP contribution in [0.1, 0.15) is 47.0 Å². The Morgan fingerprint density at radius 2 is 1.59 bits per heavy atom. The average molecular weight is 375 g/mol. The van der Waals surface area contributed by atoms with Crippen LogP contribution in [-0.2, 0) is 23.9 Å². The fourth-order valence-corrected chi connectivity index (χ4v) is 2.66. The highest BCUT2D eigenvalue weighted by Crippen LogP contribution is 2.30. The molecule has 0 bridgehead atoms. The second kappa shape index (κ2) is 8.70. The Balaban J connectivity index is 2.36. The molecule has 27 heavy (non-hydrogen) atoms. The molecule has 7 heteroatoms. The molecule has 0 aromatic heterocycles. The number of anilines is 1. The topological polar surface area (TPSA) is 82.1 Å². The highest BCUT2D eigenvalue weighted by molar-refractivity contribution is 6.16. The summed E-state index contributed by atoms with van der Waals surface area (Å²) < 4.78 is 16.1. The zero-order valence-electron chi connectivity index (χ0n) is 16.1. The summed E-state index contributed by atoms with van der Waals surface area (Å²) in [6, 6.07) is 6.78. The van der Waals surface area contributed by atoms with Gasteiger partial charge in [0.25, 0.3) is 5.79 Å². The Labute approximate surface area is 158 Å². The summed E-state index contributed by atoms with van der Waals surface area (Å²) in [6.45, 7) is 7.63. The summed E-state index contributed by atoms with van der Waals surface area (Å²) in [6.07, 6.45) is 2.08. The molecule has 0 N–H and O–H groups in total. The molecule has 0 unspecified atom stereocenters. The summed E-state index contributed by atoms with van der Waals surface area (Å²) in [5, 5.41) is 0. The van der Waals surface area contributed by atoms with E-state index in [0.717, 1.165) is 0 Å². The highest BCUT2D eigenvalue weighted by atomic mass is 16.7. The number of rotatable bonds is 7. The third-order valence-corrected chi connectivity index (χ3v) is 4.33. The van der Waals surface area contributed by atoms with Crippen LogP contribution in [-0.4, -0.2) is 30.2 Å². The standard InChI is InChI=1S/C20H25NO6/c1-5-17(22)21(14-9-11-15(12-10-14)25-8-4)13-16-18(23)26-20(6-2,7-3)27-19(16)24/h9-13H,5-8H2,1-4H3. The minimum atomic E-state index is -1.25. The minimum absolute atomic E-state index is 0.189. The number of nitrogens with zero attached hydrogens (tertiary/aromatic N) is 1. The van der Waals surface area contributed by atoms with E-state index in [1.807, 2.05) is 6.92 Å². The van der Waals surface area contributed by atoms with E-state index in [-0.39, 0.29) is 17.9 Å². The monoisotopic (exact) mass is 375 g/mol. The second-order valence-corrected chi connectivity index (χ2v) is 5.98. The molecule has 1 aromatic rings. The first-order chi connectivity index (χ1) is 12.9. The van der Waals surface area contributed by atoms with E-state index in [1.165, 1.54) is 11.1 Å². The van der Waals surface area contributed by atoms with Crippen LogP contribution in [0.4, 0.5) is 5.69 Å². The van der Waals surface area contributed by atoms with Crippen LogP contribution < -0.4 is 9.64 Å². The van der Waals surface area contributed by atoms with Crippen molar-refractivity contribution in [2.45, 2.75) is 52.7 Å². The molecule has 7 nitrogen and oxygen atoms in total. The molecule has 1 aromatic carbocycles. The number of carbonyl (C=O) groups excluding carboxylic acids is 3. The molecular formula is C20H25NO6. The van der Waals surface area contributed by atoms with E-state index in [4.69, 9.17) is 14.2 Å². The third-order valence-electron chi connectivity index (χ3n) is 4.33. The summed E-state index contributed by atoms with van der Waals surface area (Å²) in [5.41, 5.74) is 0.185. The van der Waals surface area contributed by atoms with Gasteiger partial charge in [-0.25, -0.2) is 9.59 Å². The molecule has 146 valence electrons. The molecule has 1 aliphatic heterocycles. The summed E-state index contributed by atoms with van der Waals surface area (Å²) in [5.74, 6) is -2.46. The lowest BCUT2D eigenvalue weighted by atomic mass is 10.1. The predicted molar refractivity (Wildman–Crippen MR) is 99.0 cm³/mol. The van der Waals surface area contributed by atoms with Crippen molar-refractivity contribution in [3.05, 3.63) is 36.0 Å². The lowest BCUT2D eigenvalue weighted by Crippen LogP contribution is -2.46. The molecule has 2 rings (SSSR count). The minimum Gasteiger partial charge on any atom is -0.494 e. The van der Waals surface area contributed by atoms with Gasteiger partial charge in [0.1, 0.15) is 5.75 Å². The van der Waals surface area contributed by atoms with E-state index in [2.05, 4.69) is 0 Å². The fraction of sp³-hybridized carbons (Fsp3) is 0.450. The number of amides is 1. The number of carbonyl (C=O) groups is 3. The number of hydrogen-bond acceptors (Lipinski definition) is 6. The van der Waals surface area contributed by atoms with Gasteiger partial charge in [-0.15, -0.1) is 0 Å². The maximum Gasteiger partial charge on any atom is 0.350 e. The van der Waals surface area contributed by atoms with Gasteiger partial charge in [0.15, 0.2) is 5.57 Å². The maximum atomic E-state index is 12.4. The lowest BCUT2D eigenvalue weighted by Gasteiger charge is -2.35. The van der Waals surface area contributed by atoms with Crippen LogP contribution in [0.5, 0.6) is 5.75 Å². The van der Waals surface area contributed by atoms with Crippen LogP contribution in [0, 0.1) is 0 Å². The molecule has 1 saturated heterocycles. The van der Waals surface area contributed by atoms with Crippen molar-refractivity contribution in [2.75, 3.05) is 11.5 Å². The number of hydrogen-bond donors (Lipinski definition) is 0. The Morgan fingerprint density at radius 1 is 1.04 bits per heavy atom. The SMILES string of the molecule is CCOc1ccc(N(C=C2C(=O)OC(CC)(CC)OC2=O)C(=O)CC)cc1. The van der Waals surface area contributed by atoms with Gasteiger partial charge in [0, 0.05) is 31.1 Å². The third kappa shape index (κ3) is 4.48. The van der Waals surface area contributed by atoms with E-state index in [0.29, 0.717) is 30.9 Å². The van der Waals surface area contributed by atoms with E-state index in [1.54, 1.807) is 45.0 Å². The van der Waals surface area contributed by atoms with Crippen LogP contribution >= 0.6 is 0 Å². The van der Waals surface area contributed by atoms with Crippen LogP contribution in [0.15, 0.2) is 36.0 Å². The van der Waals surface area contributed by atoms with Crippen molar-refractivity contribution >= 4 is 23.5 Å². The van der Waals surface area contributed by atoms with Gasteiger partial charge < -0.3 is 14.2 Å². The van der Waals surface area contributed by atoms with Crippen molar-refractivity contribution in [2.24, 2.45) is 0 Å². The first-order valence-electron chi connectivity index (χ1n) is 9.13. The largest absolute Gasteiger partial charge is 0.494 e. The smallest absolute Gasteiger partial charge is 0.350 e. The molecule has 1 amide bonds. The lowest BCUT2D eigenvalue weighted by molar-refractivity contribution is -0.237. The van der Waals surface area contributed by atoms with Crippen molar-refractivity contribution in [3.8, 4) is 5.75 Å².